The Morgan fingerprint density at radius 2 is 2.00 bits per heavy atom. The summed E-state index contributed by atoms with van der Waals surface area (Å²) in [5.74, 6) is -0.402. The van der Waals surface area contributed by atoms with Crippen LogP contribution in [0, 0.1) is 5.92 Å². The summed E-state index contributed by atoms with van der Waals surface area (Å²) in [7, 11) is 0. The maximum absolute atomic E-state index is 12.5. The minimum absolute atomic E-state index is 0.0863. The molecule has 3 rings (SSSR count). The molecule has 1 saturated heterocycles. The Morgan fingerprint density at radius 1 is 1.25 bits per heavy atom. The molecule has 0 aliphatic carbocycles. The topological polar surface area (TPSA) is 75.4 Å². The zero-order chi connectivity index (χ0) is 14.1. The van der Waals surface area contributed by atoms with E-state index in [9.17, 15) is 9.59 Å². The van der Waals surface area contributed by atoms with Gasteiger partial charge in [-0.15, -0.1) is 0 Å². The molecular weight excluding hydrogens is 254 g/mol. The first-order valence-electron chi connectivity index (χ1n) is 7.03. The molecule has 2 aliphatic rings. The fraction of sp³-hybridized carbons (Fsp3) is 0.467. The number of rotatable bonds is 2. The average molecular weight is 273 g/mol. The standard InChI is InChI=1S/C15H19N3O2/c16-14(19)12-5-6-18(9-12)15(20)13-7-10-3-1-2-4-11(10)8-17-13/h1-4,12-13,17H,5-9H2,(H2,16,19)/t12?,13-/m1/s1. The van der Waals surface area contributed by atoms with Crippen molar-refractivity contribution < 1.29 is 9.59 Å². The first-order chi connectivity index (χ1) is 9.65. The zero-order valence-corrected chi connectivity index (χ0v) is 11.3. The summed E-state index contributed by atoms with van der Waals surface area (Å²) in [6.45, 7) is 1.82. The van der Waals surface area contributed by atoms with Crippen LogP contribution >= 0.6 is 0 Å². The van der Waals surface area contributed by atoms with Gasteiger partial charge < -0.3 is 16.0 Å². The summed E-state index contributed by atoms with van der Waals surface area (Å²) in [5.41, 5.74) is 7.80. The van der Waals surface area contributed by atoms with Gasteiger partial charge in [0.25, 0.3) is 0 Å². The summed E-state index contributed by atoms with van der Waals surface area (Å²) >= 11 is 0. The number of benzene rings is 1. The number of carbonyl (C=O) groups is 2. The number of fused-ring (bicyclic) bond motifs is 1. The van der Waals surface area contributed by atoms with Gasteiger partial charge in [-0.3, -0.25) is 9.59 Å². The zero-order valence-electron chi connectivity index (χ0n) is 11.3. The molecule has 0 aromatic heterocycles. The van der Waals surface area contributed by atoms with E-state index < -0.39 is 0 Å². The Balaban J connectivity index is 1.66. The van der Waals surface area contributed by atoms with Crippen molar-refractivity contribution in [3.63, 3.8) is 0 Å². The van der Waals surface area contributed by atoms with Crippen LogP contribution in [0.1, 0.15) is 17.5 Å². The highest BCUT2D eigenvalue weighted by atomic mass is 16.2. The van der Waals surface area contributed by atoms with Gasteiger partial charge in [0.05, 0.1) is 12.0 Å². The van der Waals surface area contributed by atoms with Crippen molar-refractivity contribution in [1.29, 1.82) is 0 Å². The van der Waals surface area contributed by atoms with Crippen LogP contribution in [-0.4, -0.2) is 35.8 Å². The average Bonchev–Trinajstić information content (AvgIpc) is 2.96. The second-order valence-electron chi connectivity index (χ2n) is 5.58. The van der Waals surface area contributed by atoms with Crippen LogP contribution < -0.4 is 11.1 Å². The third kappa shape index (κ3) is 2.41. The minimum atomic E-state index is -0.303. The number of hydrogen-bond acceptors (Lipinski definition) is 3. The molecule has 0 spiro atoms. The molecule has 2 heterocycles. The summed E-state index contributed by atoms with van der Waals surface area (Å²) in [4.78, 5) is 25.4. The van der Waals surface area contributed by atoms with Crippen molar-refractivity contribution in [3.05, 3.63) is 35.4 Å². The number of amides is 2. The number of nitrogens with one attached hydrogen (secondary N) is 1. The van der Waals surface area contributed by atoms with Gasteiger partial charge in [0.15, 0.2) is 0 Å². The largest absolute Gasteiger partial charge is 0.369 e. The summed E-state index contributed by atoms with van der Waals surface area (Å²) in [5, 5.41) is 3.29. The van der Waals surface area contributed by atoms with Gasteiger partial charge in [0.1, 0.15) is 0 Å². The van der Waals surface area contributed by atoms with Crippen LogP contribution in [0.4, 0.5) is 0 Å². The molecule has 2 aliphatic heterocycles. The van der Waals surface area contributed by atoms with Gasteiger partial charge in [0, 0.05) is 19.6 Å². The quantitative estimate of drug-likeness (QED) is 0.798. The molecule has 0 saturated carbocycles. The third-order valence-corrected chi connectivity index (χ3v) is 4.28. The number of nitrogens with zero attached hydrogens (tertiary/aromatic N) is 1. The number of primary amides is 1. The van der Waals surface area contributed by atoms with Gasteiger partial charge in [-0.05, 0) is 24.0 Å². The van der Waals surface area contributed by atoms with E-state index in [4.69, 9.17) is 5.73 Å². The Hall–Kier alpha value is -1.88. The van der Waals surface area contributed by atoms with E-state index in [1.165, 1.54) is 11.1 Å². The SMILES string of the molecule is NC(=O)C1CCN(C(=O)[C@H]2Cc3ccccc3CN2)C1. The first kappa shape index (κ1) is 13.1. The second-order valence-corrected chi connectivity index (χ2v) is 5.58. The fourth-order valence-corrected chi connectivity index (χ4v) is 3.04. The summed E-state index contributed by atoms with van der Waals surface area (Å²) in [6.07, 6.45) is 1.40. The van der Waals surface area contributed by atoms with Crippen LogP contribution in [0.25, 0.3) is 0 Å². The summed E-state index contributed by atoms with van der Waals surface area (Å²) in [6, 6.07) is 8.00. The van der Waals surface area contributed by atoms with Crippen LogP contribution in [0.15, 0.2) is 24.3 Å². The van der Waals surface area contributed by atoms with Crippen molar-refractivity contribution in [2.24, 2.45) is 11.7 Å². The Labute approximate surface area is 118 Å². The van der Waals surface area contributed by atoms with E-state index >= 15 is 0 Å². The predicted octanol–water partition coefficient (Wildman–Crippen LogP) is 0.0347. The Morgan fingerprint density at radius 3 is 2.70 bits per heavy atom. The molecule has 0 bridgehead atoms. The molecule has 106 valence electrons. The van der Waals surface area contributed by atoms with Crippen molar-refractivity contribution in [2.75, 3.05) is 13.1 Å². The third-order valence-electron chi connectivity index (χ3n) is 4.28. The number of carbonyl (C=O) groups excluding carboxylic acids is 2. The second kappa shape index (κ2) is 5.25. The van der Waals surface area contributed by atoms with Crippen LogP contribution in [0.2, 0.25) is 0 Å². The highest BCUT2D eigenvalue weighted by molar-refractivity contribution is 5.84. The van der Waals surface area contributed by atoms with E-state index in [2.05, 4.69) is 17.4 Å². The highest BCUT2D eigenvalue weighted by Gasteiger charge is 2.34. The molecule has 1 fully saturated rings. The van der Waals surface area contributed by atoms with Crippen LogP contribution in [0.3, 0.4) is 0 Å². The monoisotopic (exact) mass is 273 g/mol. The maximum Gasteiger partial charge on any atom is 0.240 e. The van der Waals surface area contributed by atoms with Crippen LogP contribution in [-0.2, 0) is 22.6 Å². The van der Waals surface area contributed by atoms with E-state index in [-0.39, 0.29) is 23.8 Å². The van der Waals surface area contributed by atoms with Gasteiger partial charge in [-0.2, -0.15) is 0 Å². The normalized spacial score (nSPS) is 25.3. The Bertz CT molecular complexity index is 544. The maximum atomic E-state index is 12.5. The minimum Gasteiger partial charge on any atom is -0.369 e. The van der Waals surface area contributed by atoms with Crippen molar-refractivity contribution in [1.82, 2.24) is 10.2 Å². The molecule has 1 unspecified atom stereocenters. The lowest BCUT2D eigenvalue weighted by Gasteiger charge is -2.28. The number of likely N-dealkylation sites (tertiary alicyclic amines) is 1. The molecule has 20 heavy (non-hydrogen) atoms. The molecular formula is C15H19N3O2. The van der Waals surface area contributed by atoms with E-state index in [0.29, 0.717) is 25.9 Å². The molecule has 5 heteroatoms. The van der Waals surface area contributed by atoms with Gasteiger partial charge in [-0.25, -0.2) is 0 Å². The lowest BCUT2D eigenvalue weighted by atomic mass is 9.95. The molecule has 5 nitrogen and oxygen atoms in total. The van der Waals surface area contributed by atoms with Gasteiger partial charge in [-0.1, -0.05) is 24.3 Å². The first-order valence-corrected chi connectivity index (χ1v) is 7.03. The lowest BCUT2D eigenvalue weighted by molar-refractivity contribution is -0.132. The molecule has 1 aromatic rings. The predicted molar refractivity (Wildman–Crippen MR) is 74.7 cm³/mol. The van der Waals surface area contributed by atoms with Gasteiger partial charge >= 0.3 is 0 Å². The number of nitrogens with two attached hydrogens (primary N) is 1. The molecule has 1 aromatic carbocycles. The smallest absolute Gasteiger partial charge is 0.240 e. The van der Waals surface area contributed by atoms with E-state index in [1.54, 1.807) is 4.90 Å². The molecule has 2 atom stereocenters. The van der Waals surface area contributed by atoms with E-state index in [0.717, 1.165) is 6.54 Å². The van der Waals surface area contributed by atoms with Gasteiger partial charge in [0.2, 0.25) is 11.8 Å². The van der Waals surface area contributed by atoms with Crippen LogP contribution in [0.5, 0.6) is 0 Å². The molecule has 2 amide bonds. The fourth-order valence-electron chi connectivity index (χ4n) is 3.04. The lowest BCUT2D eigenvalue weighted by Crippen LogP contribution is -2.49. The highest BCUT2D eigenvalue weighted by Crippen LogP contribution is 2.21. The van der Waals surface area contributed by atoms with Crippen molar-refractivity contribution in [2.45, 2.75) is 25.4 Å². The molecule has 3 N–H and O–H groups in total. The molecule has 0 radical (unpaired) electrons. The summed E-state index contributed by atoms with van der Waals surface area (Å²) < 4.78 is 0. The van der Waals surface area contributed by atoms with Crippen molar-refractivity contribution >= 4 is 11.8 Å². The van der Waals surface area contributed by atoms with Crippen molar-refractivity contribution in [3.8, 4) is 0 Å². The van der Waals surface area contributed by atoms with E-state index in [1.807, 2.05) is 12.1 Å². The Kier molecular flexibility index (Phi) is 3.44. The number of hydrogen-bond donors (Lipinski definition) is 2.